The minimum Gasteiger partial charge on any atom is -0.381 e. The molecule has 0 radical (unpaired) electrons. The molecule has 3 nitrogen and oxygen atoms in total. The minimum absolute atomic E-state index is 0.0370. The average Bonchev–Trinajstić information content (AvgIpc) is 2.67. The molecule has 3 rings (SSSR count). The molecule has 0 bridgehead atoms. The molecule has 1 N–H and O–H groups in total. The summed E-state index contributed by atoms with van der Waals surface area (Å²) in [4.78, 5) is 3.21. The van der Waals surface area contributed by atoms with E-state index in [4.69, 9.17) is 40.2 Å². The Balaban J connectivity index is 2.25. The molecule has 19 heavy (non-hydrogen) atoms. The Kier molecular flexibility index (Phi) is 3.38. The Hall–Kier alpha value is -0.550. The molecule has 0 saturated carbocycles. The maximum Gasteiger partial charge on any atom is 0.178 e. The Morgan fingerprint density at radius 1 is 1.26 bits per heavy atom. The highest BCUT2D eigenvalue weighted by Crippen LogP contribution is 2.35. The summed E-state index contributed by atoms with van der Waals surface area (Å²) in [6.07, 6.45) is 1.88. The van der Waals surface area contributed by atoms with E-state index in [1.165, 1.54) is 0 Å². The number of aromatic nitrogens is 2. The molecule has 0 aliphatic carbocycles. The zero-order valence-electron chi connectivity index (χ0n) is 10.5. The normalized spacial score (nSPS) is 18.9. The van der Waals surface area contributed by atoms with Crippen LogP contribution in [-0.2, 0) is 10.3 Å². The Labute approximate surface area is 126 Å². The molecule has 102 valence electrons. The largest absolute Gasteiger partial charge is 0.381 e. The van der Waals surface area contributed by atoms with E-state index in [2.05, 4.69) is 16.5 Å². The summed E-state index contributed by atoms with van der Waals surface area (Å²) < 4.78 is 8.31. The fraction of sp³-hybridized carbons (Fsp3) is 0.462. The van der Waals surface area contributed by atoms with Crippen molar-refractivity contribution in [2.24, 2.45) is 0 Å². The number of halogens is 2. The summed E-state index contributed by atoms with van der Waals surface area (Å²) >= 11 is 17.7. The van der Waals surface area contributed by atoms with Crippen molar-refractivity contribution < 1.29 is 4.74 Å². The van der Waals surface area contributed by atoms with E-state index in [0.29, 0.717) is 14.8 Å². The lowest BCUT2D eigenvalue weighted by atomic mass is 9.92. The highest BCUT2D eigenvalue weighted by Gasteiger charge is 2.31. The molecule has 1 aromatic carbocycles. The third kappa shape index (κ3) is 2.21. The molecule has 0 amide bonds. The summed E-state index contributed by atoms with van der Waals surface area (Å²) in [5, 5.41) is 1.09. The van der Waals surface area contributed by atoms with Crippen molar-refractivity contribution in [3.05, 3.63) is 26.9 Å². The molecule has 1 aliphatic rings. The van der Waals surface area contributed by atoms with Crippen molar-refractivity contribution in [2.45, 2.75) is 25.3 Å². The van der Waals surface area contributed by atoms with Crippen LogP contribution in [0.15, 0.2) is 12.1 Å². The van der Waals surface area contributed by atoms with Crippen LogP contribution in [0.25, 0.3) is 11.0 Å². The molecule has 0 atom stereocenters. The van der Waals surface area contributed by atoms with Crippen LogP contribution in [0.5, 0.6) is 0 Å². The average molecular weight is 317 g/mol. The van der Waals surface area contributed by atoms with Crippen LogP contribution in [0.1, 0.15) is 19.8 Å². The number of hydrogen-bond acceptors (Lipinski definition) is 2. The van der Waals surface area contributed by atoms with Crippen LogP contribution in [0, 0.1) is 4.77 Å². The summed E-state index contributed by atoms with van der Waals surface area (Å²) in [5.41, 5.74) is 1.89. The lowest BCUT2D eigenvalue weighted by Crippen LogP contribution is -2.36. The molecule has 1 aromatic heterocycles. The van der Waals surface area contributed by atoms with Crippen LogP contribution in [0.3, 0.4) is 0 Å². The van der Waals surface area contributed by atoms with Gasteiger partial charge in [-0.2, -0.15) is 0 Å². The van der Waals surface area contributed by atoms with Crippen molar-refractivity contribution in [2.75, 3.05) is 13.2 Å². The van der Waals surface area contributed by atoms with Gasteiger partial charge in [0.2, 0.25) is 0 Å². The highest BCUT2D eigenvalue weighted by atomic mass is 35.5. The van der Waals surface area contributed by atoms with Crippen LogP contribution < -0.4 is 0 Å². The quantitative estimate of drug-likeness (QED) is 0.783. The maximum absolute atomic E-state index is 6.14. The summed E-state index contributed by atoms with van der Waals surface area (Å²) in [6.45, 7) is 3.72. The van der Waals surface area contributed by atoms with E-state index in [-0.39, 0.29) is 5.54 Å². The fourth-order valence-corrected chi connectivity index (χ4v) is 3.42. The van der Waals surface area contributed by atoms with Gasteiger partial charge in [-0.05, 0) is 44.1 Å². The van der Waals surface area contributed by atoms with Crippen molar-refractivity contribution in [1.29, 1.82) is 0 Å². The molecule has 2 heterocycles. The van der Waals surface area contributed by atoms with Gasteiger partial charge in [0.15, 0.2) is 4.77 Å². The van der Waals surface area contributed by atoms with Crippen molar-refractivity contribution in [1.82, 2.24) is 9.55 Å². The predicted molar refractivity (Wildman–Crippen MR) is 80.8 cm³/mol. The smallest absolute Gasteiger partial charge is 0.178 e. The van der Waals surface area contributed by atoms with Crippen LogP contribution in [0.4, 0.5) is 0 Å². The third-order valence-corrected chi connectivity index (χ3v) is 4.84. The molecule has 2 aromatic rings. The van der Waals surface area contributed by atoms with Gasteiger partial charge in [0.25, 0.3) is 0 Å². The van der Waals surface area contributed by atoms with Gasteiger partial charge in [0, 0.05) is 18.8 Å². The van der Waals surface area contributed by atoms with Gasteiger partial charge >= 0.3 is 0 Å². The maximum atomic E-state index is 6.14. The minimum atomic E-state index is -0.0370. The SMILES string of the molecule is CC1(n2c(=S)[nH]c3cc(Cl)c(Cl)cc32)CCOCC1. The van der Waals surface area contributed by atoms with E-state index in [9.17, 15) is 0 Å². The Bertz CT molecular complexity index is 686. The van der Waals surface area contributed by atoms with Crippen LogP contribution in [-0.4, -0.2) is 22.8 Å². The predicted octanol–water partition coefficient (Wildman–Crippen LogP) is 4.53. The third-order valence-electron chi connectivity index (χ3n) is 3.83. The summed E-state index contributed by atoms with van der Waals surface area (Å²) in [6, 6.07) is 3.71. The fourth-order valence-electron chi connectivity index (χ4n) is 2.67. The first-order valence-corrected chi connectivity index (χ1v) is 7.36. The number of hydrogen-bond donors (Lipinski definition) is 1. The van der Waals surface area contributed by atoms with Crippen LogP contribution in [0.2, 0.25) is 10.0 Å². The number of rotatable bonds is 1. The molecule has 1 fully saturated rings. The summed E-state index contributed by atoms with van der Waals surface area (Å²) in [5.74, 6) is 0. The second-order valence-electron chi connectivity index (χ2n) is 5.16. The number of aromatic amines is 1. The van der Waals surface area contributed by atoms with Gasteiger partial charge in [0.1, 0.15) is 0 Å². The first-order valence-electron chi connectivity index (χ1n) is 6.19. The molecule has 0 spiro atoms. The van der Waals surface area contributed by atoms with Gasteiger partial charge < -0.3 is 14.3 Å². The number of imidazole rings is 1. The van der Waals surface area contributed by atoms with Gasteiger partial charge in [-0.15, -0.1) is 0 Å². The molecule has 6 heteroatoms. The molecule has 1 saturated heterocycles. The van der Waals surface area contributed by atoms with E-state index < -0.39 is 0 Å². The first-order chi connectivity index (χ1) is 9.01. The van der Waals surface area contributed by atoms with E-state index in [0.717, 1.165) is 37.1 Å². The molecule has 1 aliphatic heterocycles. The standard InChI is InChI=1S/C13H14Cl2N2OS/c1-13(2-4-18-5-3-13)17-11-7-9(15)8(14)6-10(11)16-12(17)19/h6-7H,2-5H2,1H3,(H,16,19). The zero-order chi connectivity index (χ0) is 13.6. The monoisotopic (exact) mass is 316 g/mol. The zero-order valence-corrected chi connectivity index (χ0v) is 12.8. The number of fused-ring (bicyclic) bond motifs is 1. The topological polar surface area (TPSA) is 29.9 Å². The van der Waals surface area contributed by atoms with Crippen molar-refractivity contribution in [3.63, 3.8) is 0 Å². The second kappa shape index (κ2) is 4.77. The van der Waals surface area contributed by atoms with Gasteiger partial charge in [-0.25, -0.2) is 0 Å². The molecular formula is C13H14Cl2N2OS. The van der Waals surface area contributed by atoms with E-state index in [1.54, 1.807) is 0 Å². The van der Waals surface area contributed by atoms with Crippen molar-refractivity contribution >= 4 is 46.5 Å². The van der Waals surface area contributed by atoms with Gasteiger partial charge in [0.05, 0.1) is 21.1 Å². The lowest BCUT2D eigenvalue weighted by molar-refractivity contribution is 0.0306. The number of H-pyrrole nitrogens is 1. The Morgan fingerprint density at radius 2 is 1.89 bits per heavy atom. The van der Waals surface area contributed by atoms with Crippen molar-refractivity contribution in [3.8, 4) is 0 Å². The Morgan fingerprint density at radius 3 is 2.58 bits per heavy atom. The van der Waals surface area contributed by atoms with E-state index >= 15 is 0 Å². The number of nitrogens with one attached hydrogen (secondary N) is 1. The van der Waals surface area contributed by atoms with Gasteiger partial charge in [-0.3, -0.25) is 0 Å². The summed E-state index contributed by atoms with van der Waals surface area (Å²) in [7, 11) is 0. The highest BCUT2D eigenvalue weighted by molar-refractivity contribution is 7.71. The number of ether oxygens (including phenoxy) is 1. The van der Waals surface area contributed by atoms with Crippen LogP contribution >= 0.6 is 35.4 Å². The second-order valence-corrected chi connectivity index (χ2v) is 6.36. The first kappa shape index (κ1) is 13.4. The molecule has 0 unspecified atom stereocenters. The number of nitrogens with zero attached hydrogens (tertiary/aromatic N) is 1. The lowest BCUT2D eigenvalue weighted by Gasteiger charge is -2.35. The van der Waals surface area contributed by atoms with Gasteiger partial charge in [-0.1, -0.05) is 23.2 Å². The van der Waals surface area contributed by atoms with E-state index in [1.807, 2.05) is 12.1 Å². The number of benzene rings is 1. The molecular weight excluding hydrogens is 303 g/mol.